The van der Waals surface area contributed by atoms with Crippen molar-refractivity contribution < 1.29 is 31.2 Å². The lowest BCUT2D eigenvalue weighted by Gasteiger charge is -2.29. The Morgan fingerprint density at radius 2 is 1.78 bits per heavy atom. The van der Waals surface area contributed by atoms with Crippen LogP contribution in [0.15, 0.2) is 29.2 Å². The number of amides is 2. The predicted octanol–water partition coefficient (Wildman–Crippen LogP) is 2.36. The highest BCUT2D eigenvalue weighted by molar-refractivity contribution is 7.99. The van der Waals surface area contributed by atoms with Crippen molar-refractivity contribution in [3.8, 4) is 0 Å². The lowest BCUT2D eigenvalue weighted by atomic mass is 10.1. The van der Waals surface area contributed by atoms with Crippen molar-refractivity contribution in [2.75, 3.05) is 18.7 Å². The van der Waals surface area contributed by atoms with Gasteiger partial charge in [-0.25, -0.2) is 8.42 Å². The van der Waals surface area contributed by atoms with E-state index < -0.39 is 32.2 Å². The van der Waals surface area contributed by atoms with Gasteiger partial charge in [0.25, 0.3) is 15.7 Å². The lowest BCUT2D eigenvalue weighted by Crippen LogP contribution is -2.49. The molecule has 1 atom stereocenters. The van der Waals surface area contributed by atoms with Gasteiger partial charge in [-0.05, 0) is 38.1 Å². The van der Waals surface area contributed by atoms with E-state index in [4.69, 9.17) is 0 Å². The van der Waals surface area contributed by atoms with E-state index >= 15 is 0 Å². The summed E-state index contributed by atoms with van der Waals surface area (Å²) >= 11 is 1.39. The predicted molar refractivity (Wildman–Crippen MR) is 94.9 cm³/mol. The highest BCUT2D eigenvalue weighted by atomic mass is 32.2. The molecule has 1 aliphatic rings. The minimum atomic E-state index is -5.47. The van der Waals surface area contributed by atoms with Gasteiger partial charge in [-0.3, -0.25) is 9.59 Å². The van der Waals surface area contributed by atoms with Gasteiger partial charge in [0, 0.05) is 24.4 Å². The average Bonchev–Trinajstić information content (AvgIpc) is 3.08. The van der Waals surface area contributed by atoms with Gasteiger partial charge in [-0.2, -0.15) is 13.2 Å². The molecule has 0 saturated carbocycles. The Bertz CT molecular complexity index is 823. The highest BCUT2D eigenvalue weighted by Crippen LogP contribution is 2.31. The van der Waals surface area contributed by atoms with Gasteiger partial charge in [0.1, 0.15) is 6.04 Å². The number of nitrogens with zero attached hydrogens (tertiary/aromatic N) is 2. The number of sulfone groups is 1. The molecule has 11 heteroatoms. The van der Waals surface area contributed by atoms with E-state index in [0.717, 1.165) is 24.3 Å². The number of thioether (sulfide) groups is 1. The summed E-state index contributed by atoms with van der Waals surface area (Å²) in [5.41, 5.74) is -5.40. The van der Waals surface area contributed by atoms with Gasteiger partial charge in [0.2, 0.25) is 5.91 Å². The Morgan fingerprint density at radius 3 is 2.26 bits per heavy atom. The first kappa shape index (κ1) is 21.5. The molecule has 0 spiro atoms. The number of hydrogen-bond acceptors (Lipinski definition) is 5. The van der Waals surface area contributed by atoms with E-state index in [1.54, 1.807) is 7.05 Å². The minimum absolute atomic E-state index is 0.0172. The summed E-state index contributed by atoms with van der Waals surface area (Å²) in [6.07, 6.45) is 0. The molecule has 6 nitrogen and oxygen atoms in total. The first-order chi connectivity index (χ1) is 12.4. The van der Waals surface area contributed by atoms with E-state index in [9.17, 15) is 31.2 Å². The summed E-state index contributed by atoms with van der Waals surface area (Å²) in [6, 6.07) is 2.82. The standard InChI is InChI=1S/C16H19F3N2O4S2/c1-10(2)20(3)15(23)13-8-26-9-21(13)14(22)11-4-6-12(7-5-11)27(24,25)16(17,18)19/h4-7,10,13H,8-9H2,1-3H3/t13-/m1/s1. The molecule has 0 aromatic heterocycles. The zero-order chi connectivity index (χ0) is 20.6. The summed E-state index contributed by atoms with van der Waals surface area (Å²) in [7, 11) is -3.84. The van der Waals surface area contributed by atoms with Crippen LogP contribution in [0.5, 0.6) is 0 Å². The molecule has 1 saturated heterocycles. The van der Waals surface area contributed by atoms with Crippen molar-refractivity contribution in [1.29, 1.82) is 0 Å². The molecule has 0 bridgehead atoms. The van der Waals surface area contributed by atoms with Crippen LogP contribution in [0.1, 0.15) is 24.2 Å². The van der Waals surface area contributed by atoms with E-state index in [2.05, 4.69) is 0 Å². The molecule has 1 aliphatic heterocycles. The summed E-state index contributed by atoms with van der Waals surface area (Å²) in [5, 5.41) is 0. The minimum Gasteiger partial charge on any atom is -0.342 e. The molecular formula is C16H19F3N2O4S2. The van der Waals surface area contributed by atoms with Gasteiger partial charge >= 0.3 is 5.51 Å². The molecule has 0 N–H and O–H groups in total. The molecule has 0 unspecified atom stereocenters. The number of carbonyl (C=O) groups is 2. The SMILES string of the molecule is CC(C)N(C)C(=O)[C@H]1CSCN1C(=O)c1ccc(S(=O)(=O)C(F)(F)F)cc1. The van der Waals surface area contributed by atoms with Crippen LogP contribution >= 0.6 is 11.8 Å². The molecule has 1 aromatic carbocycles. The van der Waals surface area contributed by atoms with E-state index in [0.29, 0.717) is 5.75 Å². The van der Waals surface area contributed by atoms with Gasteiger partial charge < -0.3 is 9.80 Å². The van der Waals surface area contributed by atoms with Crippen LogP contribution in [0.25, 0.3) is 0 Å². The van der Waals surface area contributed by atoms with Crippen molar-refractivity contribution in [3.63, 3.8) is 0 Å². The number of likely N-dealkylation sites (N-methyl/N-ethyl adjacent to an activating group) is 1. The quantitative estimate of drug-likeness (QED) is 0.742. The number of alkyl halides is 3. The zero-order valence-corrected chi connectivity index (χ0v) is 16.5. The second-order valence-electron chi connectivity index (χ2n) is 6.31. The summed E-state index contributed by atoms with van der Waals surface area (Å²) in [4.78, 5) is 27.2. The number of hydrogen-bond donors (Lipinski definition) is 0. The molecule has 2 amide bonds. The summed E-state index contributed by atoms with van der Waals surface area (Å²) in [5.74, 6) is -0.0718. The van der Waals surface area contributed by atoms with Crippen LogP contribution < -0.4 is 0 Å². The maximum Gasteiger partial charge on any atom is 0.501 e. The number of halogens is 3. The second-order valence-corrected chi connectivity index (χ2v) is 9.25. The maximum absolute atomic E-state index is 12.7. The number of carbonyl (C=O) groups excluding carboxylic acids is 2. The Kier molecular flexibility index (Phi) is 6.15. The van der Waals surface area contributed by atoms with E-state index in [-0.39, 0.29) is 23.4 Å². The van der Waals surface area contributed by atoms with Crippen LogP contribution in [0.3, 0.4) is 0 Å². The first-order valence-corrected chi connectivity index (χ1v) is 10.6. The third-order valence-electron chi connectivity index (χ3n) is 4.27. The molecule has 2 rings (SSSR count). The fourth-order valence-electron chi connectivity index (χ4n) is 2.41. The maximum atomic E-state index is 12.7. The van der Waals surface area contributed by atoms with Crippen LogP contribution in [-0.4, -0.2) is 66.3 Å². The zero-order valence-electron chi connectivity index (χ0n) is 14.9. The van der Waals surface area contributed by atoms with Gasteiger partial charge in [-0.15, -0.1) is 11.8 Å². The molecular weight excluding hydrogens is 405 g/mol. The van der Waals surface area contributed by atoms with Crippen molar-refractivity contribution in [2.24, 2.45) is 0 Å². The molecule has 1 aromatic rings. The molecule has 1 heterocycles. The second kappa shape index (κ2) is 7.70. The van der Waals surface area contributed by atoms with Crippen molar-refractivity contribution in [1.82, 2.24) is 9.80 Å². The monoisotopic (exact) mass is 424 g/mol. The average molecular weight is 424 g/mol. The molecule has 1 fully saturated rings. The van der Waals surface area contributed by atoms with Crippen LogP contribution in [0.2, 0.25) is 0 Å². The molecule has 0 aliphatic carbocycles. The largest absolute Gasteiger partial charge is 0.501 e. The summed E-state index contributed by atoms with van der Waals surface area (Å²) < 4.78 is 60.6. The number of benzene rings is 1. The van der Waals surface area contributed by atoms with Gasteiger partial charge in [0.05, 0.1) is 10.8 Å². The molecule has 0 radical (unpaired) electrons. The van der Waals surface area contributed by atoms with E-state index in [1.807, 2.05) is 13.8 Å². The molecule has 150 valence electrons. The Labute approximate surface area is 159 Å². The normalized spacial score (nSPS) is 18.0. The first-order valence-electron chi connectivity index (χ1n) is 7.94. The van der Waals surface area contributed by atoms with Gasteiger partial charge in [-0.1, -0.05) is 0 Å². The summed E-state index contributed by atoms with van der Waals surface area (Å²) in [6.45, 7) is 3.68. The third-order valence-corrected chi connectivity index (χ3v) is 6.78. The topological polar surface area (TPSA) is 74.8 Å². The Morgan fingerprint density at radius 1 is 1.22 bits per heavy atom. The fourth-order valence-corrected chi connectivity index (χ4v) is 4.32. The Hall–Kier alpha value is -1.75. The van der Waals surface area contributed by atoms with Crippen LogP contribution in [0.4, 0.5) is 13.2 Å². The van der Waals surface area contributed by atoms with Crippen molar-refractivity contribution in [2.45, 2.75) is 36.3 Å². The van der Waals surface area contributed by atoms with Crippen LogP contribution in [-0.2, 0) is 14.6 Å². The molecule has 27 heavy (non-hydrogen) atoms. The lowest BCUT2D eigenvalue weighted by molar-refractivity contribution is -0.135. The Balaban J connectivity index is 2.24. The third kappa shape index (κ3) is 4.23. The van der Waals surface area contributed by atoms with Crippen molar-refractivity contribution in [3.05, 3.63) is 29.8 Å². The fraction of sp³-hybridized carbons (Fsp3) is 0.500. The highest BCUT2D eigenvalue weighted by Gasteiger charge is 2.47. The van der Waals surface area contributed by atoms with Crippen LogP contribution in [0, 0.1) is 0 Å². The van der Waals surface area contributed by atoms with E-state index in [1.165, 1.54) is 21.6 Å². The van der Waals surface area contributed by atoms with Gasteiger partial charge in [0.15, 0.2) is 0 Å². The number of rotatable bonds is 4. The smallest absolute Gasteiger partial charge is 0.342 e. The van der Waals surface area contributed by atoms with Crippen molar-refractivity contribution >= 4 is 33.4 Å².